The highest BCUT2D eigenvalue weighted by molar-refractivity contribution is 5.79. The molecule has 17 heavy (non-hydrogen) atoms. The Bertz CT molecular complexity index is 257. The molecule has 2 unspecified atom stereocenters. The summed E-state index contributed by atoms with van der Waals surface area (Å²) in [6.07, 6.45) is 5.49. The van der Waals surface area contributed by atoms with Crippen LogP contribution in [-0.4, -0.2) is 17.5 Å². The van der Waals surface area contributed by atoms with Gasteiger partial charge >= 0.3 is 0 Å². The van der Waals surface area contributed by atoms with Crippen LogP contribution in [0, 0.1) is 11.8 Å². The molecule has 1 saturated carbocycles. The third kappa shape index (κ3) is 5.07. The SMILES string of the molecule is CC(N)CCCC(C)C(=O)NC(C)(C)C1CC1. The molecule has 0 aromatic heterocycles. The molecule has 0 radical (unpaired) electrons. The summed E-state index contributed by atoms with van der Waals surface area (Å²) >= 11 is 0. The van der Waals surface area contributed by atoms with Gasteiger partial charge in [-0.1, -0.05) is 13.3 Å². The Morgan fingerprint density at radius 1 is 1.35 bits per heavy atom. The van der Waals surface area contributed by atoms with Gasteiger partial charge in [0.15, 0.2) is 0 Å². The van der Waals surface area contributed by atoms with Gasteiger partial charge in [0.1, 0.15) is 0 Å². The molecule has 1 fully saturated rings. The van der Waals surface area contributed by atoms with Crippen LogP contribution in [0.4, 0.5) is 0 Å². The van der Waals surface area contributed by atoms with E-state index in [4.69, 9.17) is 5.73 Å². The molecule has 1 amide bonds. The molecular formula is C14H28N2O. The van der Waals surface area contributed by atoms with Crippen molar-refractivity contribution in [2.24, 2.45) is 17.6 Å². The zero-order valence-electron chi connectivity index (χ0n) is 11.8. The monoisotopic (exact) mass is 240 g/mol. The van der Waals surface area contributed by atoms with Gasteiger partial charge in [0.2, 0.25) is 5.91 Å². The van der Waals surface area contributed by atoms with Crippen molar-refractivity contribution in [3.63, 3.8) is 0 Å². The van der Waals surface area contributed by atoms with E-state index in [0.717, 1.165) is 19.3 Å². The number of amides is 1. The first-order chi connectivity index (χ1) is 7.83. The van der Waals surface area contributed by atoms with E-state index >= 15 is 0 Å². The Morgan fingerprint density at radius 3 is 2.41 bits per heavy atom. The minimum absolute atomic E-state index is 0.0213. The highest BCUT2D eigenvalue weighted by atomic mass is 16.2. The van der Waals surface area contributed by atoms with Crippen LogP contribution in [0.2, 0.25) is 0 Å². The fourth-order valence-electron chi connectivity index (χ4n) is 2.22. The normalized spacial score (nSPS) is 19.8. The standard InChI is InChI=1S/C14H28N2O/c1-10(6-5-7-11(2)15)13(17)16-14(3,4)12-8-9-12/h10-12H,5-9,15H2,1-4H3,(H,16,17). The first-order valence-corrected chi connectivity index (χ1v) is 6.90. The van der Waals surface area contributed by atoms with Gasteiger partial charge in [-0.2, -0.15) is 0 Å². The summed E-state index contributed by atoms with van der Waals surface area (Å²) in [4.78, 5) is 12.0. The Labute approximate surface area is 106 Å². The van der Waals surface area contributed by atoms with Gasteiger partial charge in [0.25, 0.3) is 0 Å². The molecule has 0 aromatic rings. The molecule has 2 atom stereocenters. The average molecular weight is 240 g/mol. The minimum atomic E-state index is -0.0213. The highest BCUT2D eigenvalue weighted by Crippen LogP contribution is 2.39. The number of hydrogen-bond acceptors (Lipinski definition) is 2. The largest absolute Gasteiger partial charge is 0.351 e. The van der Waals surface area contributed by atoms with E-state index in [1.807, 2.05) is 13.8 Å². The number of rotatable bonds is 7. The van der Waals surface area contributed by atoms with Crippen molar-refractivity contribution in [3.05, 3.63) is 0 Å². The van der Waals surface area contributed by atoms with Crippen molar-refractivity contribution in [1.82, 2.24) is 5.32 Å². The maximum absolute atomic E-state index is 12.0. The van der Waals surface area contributed by atoms with E-state index in [-0.39, 0.29) is 23.4 Å². The Balaban J connectivity index is 2.26. The van der Waals surface area contributed by atoms with Gasteiger partial charge < -0.3 is 11.1 Å². The van der Waals surface area contributed by atoms with Gasteiger partial charge in [-0.05, 0) is 52.4 Å². The Kier molecular flexibility index (Phi) is 4.99. The molecule has 1 aliphatic rings. The van der Waals surface area contributed by atoms with Crippen molar-refractivity contribution in [3.8, 4) is 0 Å². The van der Waals surface area contributed by atoms with Crippen LogP contribution in [0.5, 0.6) is 0 Å². The van der Waals surface area contributed by atoms with E-state index in [2.05, 4.69) is 19.2 Å². The van der Waals surface area contributed by atoms with Crippen LogP contribution < -0.4 is 11.1 Å². The van der Waals surface area contributed by atoms with Gasteiger partial charge in [-0.25, -0.2) is 0 Å². The first-order valence-electron chi connectivity index (χ1n) is 6.90. The number of carbonyl (C=O) groups is 1. The fraction of sp³-hybridized carbons (Fsp3) is 0.929. The van der Waals surface area contributed by atoms with Crippen LogP contribution >= 0.6 is 0 Å². The summed E-state index contributed by atoms with van der Waals surface area (Å²) in [5.41, 5.74) is 5.68. The number of hydrogen-bond donors (Lipinski definition) is 2. The molecule has 0 bridgehead atoms. The van der Waals surface area contributed by atoms with E-state index in [1.165, 1.54) is 12.8 Å². The summed E-state index contributed by atoms with van der Waals surface area (Å²) in [5, 5.41) is 3.19. The summed E-state index contributed by atoms with van der Waals surface area (Å²) in [6, 6.07) is 0.244. The van der Waals surface area contributed by atoms with Crippen LogP contribution in [0.3, 0.4) is 0 Å². The molecule has 1 aliphatic carbocycles. The molecular weight excluding hydrogens is 212 g/mol. The highest BCUT2D eigenvalue weighted by Gasteiger charge is 2.39. The lowest BCUT2D eigenvalue weighted by atomic mass is 9.95. The minimum Gasteiger partial charge on any atom is -0.351 e. The maximum atomic E-state index is 12.0. The number of carbonyl (C=O) groups excluding carboxylic acids is 1. The molecule has 0 heterocycles. The third-order valence-corrected chi connectivity index (χ3v) is 3.79. The van der Waals surface area contributed by atoms with E-state index in [0.29, 0.717) is 5.92 Å². The van der Waals surface area contributed by atoms with E-state index in [9.17, 15) is 4.79 Å². The lowest BCUT2D eigenvalue weighted by Gasteiger charge is -2.28. The van der Waals surface area contributed by atoms with Crippen molar-refractivity contribution >= 4 is 5.91 Å². The summed E-state index contributed by atoms with van der Waals surface area (Å²) < 4.78 is 0. The average Bonchev–Trinajstić information content (AvgIpc) is 2.99. The van der Waals surface area contributed by atoms with Crippen LogP contribution in [0.1, 0.15) is 59.8 Å². The molecule has 0 spiro atoms. The molecule has 1 rings (SSSR count). The lowest BCUT2D eigenvalue weighted by Crippen LogP contribution is -2.47. The van der Waals surface area contributed by atoms with Crippen molar-refractivity contribution in [2.45, 2.75) is 71.4 Å². The van der Waals surface area contributed by atoms with Gasteiger partial charge in [0, 0.05) is 17.5 Å². The van der Waals surface area contributed by atoms with Gasteiger partial charge in [-0.15, -0.1) is 0 Å². The fourth-order valence-corrected chi connectivity index (χ4v) is 2.22. The second kappa shape index (κ2) is 5.85. The molecule has 0 aliphatic heterocycles. The number of nitrogens with one attached hydrogen (secondary N) is 1. The van der Waals surface area contributed by atoms with Gasteiger partial charge in [-0.3, -0.25) is 4.79 Å². The van der Waals surface area contributed by atoms with Crippen LogP contribution in [-0.2, 0) is 4.79 Å². The molecule has 3 heteroatoms. The lowest BCUT2D eigenvalue weighted by molar-refractivity contribution is -0.126. The summed E-state index contributed by atoms with van der Waals surface area (Å²) in [5.74, 6) is 0.987. The smallest absolute Gasteiger partial charge is 0.223 e. The number of nitrogens with two attached hydrogens (primary N) is 1. The van der Waals surface area contributed by atoms with E-state index in [1.54, 1.807) is 0 Å². The van der Waals surface area contributed by atoms with Crippen molar-refractivity contribution in [2.75, 3.05) is 0 Å². The predicted octanol–water partition coefficient (Wildman–Crippen LogP) is 2.44. The second-order valence-electron chi connectivity index (χ2n) is 6.29. The second-order valence-corrected chi connectivity index (χ2v) is 6.29. The molecule has 0 saturated heterocycles. The topological polar surface area (TPSA) is 55.1 Å². The maximum Gasteiger partial charge on any atom is 0.223 e. The van der Waals surface area contributed by atoms with E-state index < -0.39 is 0 Å². The molecule has 3 N–H and O–H groups in total. The summed E-state index contributed by atoms with van der Waals surface area (Å²) in [7, 11) is 0. The molecule has 100 valence electrons. The molecule has 3 nitrogen and oxygen atoms in total. The first kappa shape index (κ1) is 14.5. The van der Waals surface area contributed by atoms with Gasteiger partial charge in [0.05, 0.1) is 0 Å². The zero-order chi connectivity index (χ0) is 13.1. The van der Waals surface area contributed by atoms with Crippen molar-refractivity contribution in [1.29, 1.82) is 0 Å². The zero-order valence-corrected chi connectivity index (χ0v) is 11.8. The van der Waals surface area contributed by atoms with Crippen LogP contribution in [0.25, 0.3) is 0 Å². The predicted molar refractivity (Wildman–Crippen MR) is 71.6 cm³/mol. The summed E-state index contributed by atoms with van der Waals surface area (Å²) in [6.45, 7) is 8.30. The molecule has 0 aromatic carbocycles. The van der Waals surface area contributed by atoms with Crippen LogP contribution in [0.15, 0.2) is 0 Å². The van der Waals surface area contributed by atoms with Crippen molar-refractivity contribution < 1.29 is 4.79 Å². The Morgan fingerprint density at radius 2 is 1.94 bits per heavy atom. The Hall–Kier alpha value is -0.570. The third-order valence-electron chi connectivity index (χ3n) is 3.79. The quantitative estimate of drug-likeness (QED) is 0.718.